The van der Waals surface area contributed by atoms with Crippen LogP contribution in [0.3, 0.4) is 0 Å². The van der Waals surface area contributed by atoms with Gasteiger partial charge in [-0.05, 0) is 31.6 Å². The van der Waals surface area contributed by atoms with Gasteiger partial charge in [0.15, 0.2) is 0 Å². The van der Waals surface area contributed by atoms with Gasteiger partial charge in [0.05, 0.1) is 5.60 Å². The van der Waals surface area contributed by atoms with E-state index < -0.39 is 0 Å². The number of nitrogens with one attached hydrogen (secondary N) is 1. The maximum atomic E-state index is 6.38. The third kappa shape index (κ3) is 3.69. The van der Waals surface area contributed by atoms with E-state index >= 15 is 0 Å². The summed E-state index contributed by atoms with van der Waals surface area (Å²) in [6.45, 7) is 11.4. The van der Waals surface area contributed by atoms with Crippen LogP contribution in [0.2, 0.25) is 0 Å². The molecule has 0 radical (unpaired) electrons. The van der Waals surface area contributed by atoms with Crippen LogP contribution in [0.1, 0.15) is 73.1 Å². The van der Waals surface area contributed by atoms with Gasteiger partial charge in [-0.2, -0.15) is 0 Å². The molecule has 1 rings (SSSR count). The zero-order chi connectivity index (χ0) is 12.9. The van der Waals surface area contributed by atoms with Crippen LogP contribution in [0.15, 0.2) is 0 Å². The van der Waals surface area contributed by atoms with Gasteiger partial charge in [-0.1, -0.05) is 47.5 Å². The van der Waals surface area contributed by atoms with Crippen LogP contribution >= 0.6 is 0 Å². The van der Waals surface area contributed by atoms with Crippen molar-refractivity contribution in [2.24, 2.45) is 5.92 Å². The fourth-order valence-electron chi connectivity index (χ4n) is 3.17. The van der Waals surface area contributed by atoms with Gasteiger partial charge < -0.3 is 4.74 Å². The topological polar surface area (TPSA) is 21.3 Å². The first-order valence-electron chi connectivity index (χ1n) is 7.51. The first kappa shape index (κ1) is 15.0. The lowest BCUT2D eigenvalue weighted by Gasteiger charge is -2.34. The summed E-state index contributed by atoms with van der Waals surface area (Å²) >= 11 is 0. The Bertz CT molecular complexity index is 209. The number of rotatable bonds is 7. The Morgan fingerprint density at radius 2 is 1.71 bits per heavy atom. The second-order valence-corrected chi connectivity index (χ2v) is 5.93. The van der Waals surface area contributed by atoms with Gasteiger partial charge in [0.25, 0.3) is 0 Å². The van der Waals surface area contributed by atoms with Gasteiger partial charge in [0, 0.05) is 6.04 Å². The zero-order valence-corrected chi connectivity index (χ0v) is 12.4. The third-order valence-corrected chi connectivity index (χ3v) is 3.82. The fourth-order valence-corrected chi connectivity index (χ4v) is 3.17. The minimum Gasteiger partial charge on any atom is -0.355 e. The Kier molecular flexibility index (Phi) is 5.94. The van der Waals surface area contributed by atoms with Crippen LogP contribution in [0.25, 0.3) is 0 Å². The van der Waals surface area contributed by atoms with Gasteiger partial charge in [-0.15, -0.1) is 0 Å². The average molecular weight is 241 g/mol. The van der Waals surface area contributed by atoms with Gasteiger partial charge in [-0.25, -0.2) is 0 Å². The molecule has 0 aromatic rings. The van der Waals surface area contributed by atoms with E-state index in [0.717, 1.165) is 12.3 Å². The van der Waals surface area contributed by atoms with E-state index in [4.69, 9.17) is 4.74 Å². The predicted molar refractivity (Wildman–Crippen MR) is 74.1 cm³/mol. The minimum atomic E-state index is 0.106. The Balaban J connectivity index is 2.79. The summed E-state index contributed by atoms with van der Waals surface area (Å²) in [5.41, 5.74) is 0.106. The van der Waals surface area contributed by atoms with Crippen molar-refractivity contribution in [1.82, 2.24) is 5.32 Å². The van der Waals surface area contributed by atoms with Gasteiger partial charge in [0.2, 0.25) is 0 Å². The molecule has 0 amide bonds. The van der Waals surface area contributed by atoms with Crippen molar-refractivity contribution in [3.63, 3.8) is 0 Å². The lowest BCUT2D eigenvalue weighted by molar-refractivity contribution is -0.0627. The van der Waals surface area contributed by atoms with E-state index in [2.05, 4.69) is 39.9 Å². The second kappa shape index (κ2) is 6.75. The molecular weight excluding hydrogens is 210 g/mol. The monoisotopic (exact) mass is 241 g/mol. The Hall–Kier alpha value is -0.0800. The summed E-state index contributed by atoms with van der Waals surface area (Å²) in [7, 11) is 0. The standard InChI is InChI=1S/C15H31NO/c1-6-9-15(10-7-2)13(11-12(4)5)16-14(8-3)17-15/h12-14,16H,6-11H2,1-5H3/t13-,14?/m0/s1. The maximum Gasteiger partial charge on any atom is 0.109 e. The number of hydrogen-bond donors (Lipinski definition) is 1. The van der Waals surface area contributed by atoms with Crippen LogP contribution in [0.4, 0.5) is 0 Å². The molecule has 1 heterocycles. The Morgan fingerprint density at radius 1 is 1.12 bits per heavy atom. The molecule has 1 fully saturated rings. The lowest BCUT2D eigenvalue weighted by Crippen LogP contribution is -2.44. The van der Waals surface area contributed by atoms with E-state index in [0.29, 0.717) is 6.04 Å². The van der Waals surface area contributed by atoms with Crippen molar-refractivity contribution in [1.29, 1.82) is 0 Å². The summed E-state index contributed by atoms with van der Waals surface area (Å²) in [6, 6.07) is 0.548. The molecule has 17 heavy (non-hydrogen) atoms. The van der Waals surface area contributed by atoms with Gasteiger partial charge in [-0.3, -0.25) is 5.32 Å². The minimum absolute atomic E-state index is 0.106. The highest BCUT2D eigenvalue weighted by atomic mass is 16.5. The fraction of sp³-hybridized carbons (Fsp3) is 1.00. The molecule has 0 bridgehead atoms. The van der Waals surface area contributed by atoms with Gasteiger partial charge in [0.1, 0.15) is 6.23 Å². The summed E-state index contributed by atoms with van der Waals surface area (Å²) in [5, 5.41) is 3.71. The summed E-state index contributed by atoms with van der Waals surface area (Å²) < 4.78 is 6.38. The molecule has 0 aromatic heterocycles. The molecular formula is C15H31NO. The molecule has 1 N–H and O–H groups in total. The summed E-state index contributed by atoms with van der Waals surface area (Å²) in [4.78, 5) is 0. The van der Waals surface area contributed by atoms with Crippen molar-refractivity contribution >= 4 is 0 Å². The van der Waals surface area contributed by atoms with Crippen molar-refractivity contribution < 1.29 is 4.74 Å². The van der Waals surface area contributed by atoms with Crippen LogP contribution in [0, 0.1) is 5.92 Å². The summed E-state index contributed by atoms with van der Waals surface area (Å²) in [6.07, 6.45) is 7.40. The largest absolute Gasteiger partial charge is 0.355 e. The van der Waals surface area contributed by atoms with E-state index in [1.807, 2.05) is 0 Å². The van der Waals surface area contributed by atoms with Crippen LogP contribution < -0.4 is 5.32 Å². The number of ether oxygens (including phenoxy) is 1. The number of hydrogen-bond acceptors (Lipinski definition) is 2. The summed E-state index contributed by atoms with van der Waals surface area (Å²) in [5.74, 6) is 0.736. The van der Waals surface area contributed by atoms with Gasteiger partial charge >= 0.3 is 0 Å². The molecule has 1 saturated heterocycles. The molecule has 1 aliphatic rings. The molecule has 1 unspecified atom stereocenters. The van der Waals surface area contributed by atoms with E-state index in [1.165, 1.54) is 32.1 Å². The highest BCUT2D eigenvalue weighted by molar-refractivity contribution is 4.99. The van der Waals surface area contributed by atoms with Crippen LogP contribution in [0.5, 0.6) is 0 Å². The molecule has 2 nitrogen and oxygen atoms in total. The first-order chi connectivity index (χ1) is 8.07. The van der Waals surface area contributed by atoms with Crippen molar-refractivity contribution in [2.75, 3.05) is 0 Å². The normalized spacial score (nSPS) is 27.9. The predicted octanol–water partition coefficient (Wildman–Crippen LogP) is 4.10. The average Bonchev–Trinajstić information content (AvgIpc) is 2.57. The van der Waals surface area contributed by atoms with Crippen molar-refractivity contribution in [3.05, 3.63) is 0 Å². The van der Waals surface area contributed by atoms with Crippen LogP contribution in [-0.4, -0.2) is 17.9 Å². The molecule has 0 aliphatic carbocycles. The van der Waals surface area contributed by atoms with Crippen molar-refractivity contribution in [3.8, 4) is 0 Å². The van der Waals surface area contributed by atoms with E-state index in [-0.39, 0.29) is 11.8 Å². The second-order valence-electron chi connectivity index (χ2n) is 5.93. The highest BCUT2D eigenvalue weighted by Gasteiger charge is 2.46. The molecule has 2 heteroatoms. The first-order valence-corrected chi connectivity index (χ1v) is 7.51. The molecule has 1 aliphatic heterocycles. The van der Waals surface area contributed by atoms with Crippen LogP contribution in [-0.2, 0) is 4.74 Å². The quantitative estimate of drug-likeness (QED) is 0.724. The SMILES string of the molecule is CCCC1(CCC)OC(CC)N[C@H]1CC(C)C. The molecule has 0 spiro atoms. The molecule has 0 saturated carbocycles. The molecule has 2 atom stereocenters. The van der Waals surface area contributed by atoms with E-state index in [9.17, 15) is 0 Å². The highest BCUT2D eigenvalue weighted by Crippen LogP contribution is 2.37. The lowest BCUT2D eigenvalue weighted by atomic mass is 9.82. The zero-order valence-electron chi connectivity index (χ0n) is 12.4. The Morgan fingerprint density at radius 3 is 2.12 bits per heavy atom. The third-order valence-electron chi connectivity index (χ3n) is 3.82. The van der Waals surface area contributed by atoms with Crippen molar-refractivity contribution in [2.45, 2.75) is 91.0 Å². The smallest absolute Gasteiger partial charge is 0.109 e. The molecule has 0 aromatic carbocycles. The maximum absolute atomic E-state index is 6.38. The Labute approximate surface area is 108 Å². The van der Waals surface area contributed by atoms with E-state index in [1.54, 1.807) is 0 Å². The molecule has 102 valence electrons.